The Balaban J connectivity index is 1.99. The first-order valence-corrected chi connectivity index (χ1v) is 7.39. The molecule has 2 atom stereocenters. The molecule has 0 aliphatic carbocycles. The van der Waals surface area contributed by atoms with Crippen molar-refractivity contribution in [3.63, 3.8) is 0 Å². The highest BCUT2D eigenvalue weighted by Gasteiger charge is 2.47. The van der Waals surface area contributed by atoms with E-state index in [1.165, 1.54) is 0 Å². The summed E-state index contributed by atoms with van der Waals surface area (Å²) in [6.45, 7) is 4.95. The van der Waals surface area contributed by atoms with Crippen LogP contribution in [0.2, 0.25) is 5.02 Å². The van der Waals surface area contributed by atoms with Gasteiger partial charge < -0.3 is 15.4 Å². The van der Waals surface area contributed by atoms with Gasteiger partial charge in [-0.3, -0.25) is 4.99 Å². The molecule has 3 rings (SSSR count). The molecule has 4 nitrogen and oxygen atoms in total. The zero-order chi connectivity index (χ0) is 14.3. The number of hydrogen-bond donors (Lipinski definition) is 1. The lowest BCUT2D eigenvalue weighted by Gasteiger charge is -2.46. The first kappa shape index (κ1) is 13.7. The second kappa shape index (κ2) is 4.93. The van der Waals surface area contributed by atoms with Crippen molar-refractivity contribution in [1.29, 1.82) is 0 Å². The van der Waals surface area contributed by atoms with E-state index in [1.807, 2.05) is 24.3 Å². The standard InChI is InChI=1S/C15H20ClN3O/c1-10-7-15(8-11(2)20-10)9-18-14(17)19(15)13-5-3-4-12(16)6-13/h3-6,10-11H,7-9H2,1-2H3,(H2,17,18). The normalized spacial score (nSPS) is 33.5. The van der Waals surface area contributed by atoms with Gasteiger partial charge in [-0.15, -0.1) is 0 Å². The van der Waals surface area contributed by atoms with Gasteiger partial charge in [0, 0.05) is 10.7 Å². The van der Waals surface area contributed by atoms with E-state index in [-0.39, 0.29) is 17.7 Å². The number of hydrogen-bond acceptors (Lipinski definition) is 4. The van der Waals surface area contributed by atoms with Crippen LogP contribution in [0.5, 0.6) is 0 Å². The fraction of sp³-hybridized carbons (Fsp3) is 0.533. The Labute approximate surface area is 124 Å². The first-order chi connectivity index (χ1) is 9.50. The van der Waals surface area contributed by atoms with Gasteiger partial charge in [0.15, 0.2) is 5.96 Å². The largest absolute Gasteiger partial charge is 0.375 e. The van der Waals surface area contributed by atoms with Gasteiger partial charge in [0.2, 0.25) is 0 Å². The van der Waals surface area contributed by atoms with Crippen molar-refractivity contribution in [3.05, 3.63) is 29.3 Å². The summed E-state index contributed by atoms with van der Waals surface area (Å²) in [5.74, 6) is 0.577. The number of nitrogens with zero attached hydrogens (tertiary/aromatic N) is 2. The van der Waals surface area contributed by atoms with Crippen LogP contribution in [0.25, 0.3) is 0 Å². The molecule has 5 heteroatoms. The number of rotatable bonds is 1. The van der Waals surface area contributed by atoms with Crippen molar-refractivity contribution in [2.45, 2.75) is 44.4 Å². The molecule has 1 fully saturated rings. The maximum absolute atomic E-state index is 6.15. The molecule has 2 aliphatic heterocycles. The van der Waals surface area contributed by atoms with Gasteiger partial charge in [0.05, 0.1) is 24.3 Å². The number of halogens is 1. The molecule has 0 bridgehead atoms. The average Bonchev–Trinajstić information content (AvgIpc) is 2.64. The van der Waals surface area contributed by atoms with E-state index in [2.05, 4.69) is 23.7 Å². The second-order valence-electron chi connectivity index (χ2n) is 5.88. The predicted molar refractivity (Wildman–Crippen MR) is 82.4 cm³/mol. The van der Waals surface area contributed by atoms with Crippen LogP contribution in [0.4, 0.5) is 5.69 Å². The maximum atomic E-state index is 6.15. The summed E-state index contributed by atoms with van der Waals surface area (Å²) in [5.41, 5.74) is 7.08. The molecule has 1 aromatic carbocycles. The topological polar surface area (TPSA) is 50.8 Å². The zero-order valence-electron chi connectivity index (χ0n) is 11.8. The Morgan fingerprint density at radius 2 is 2.05 bits per heavy atom. The SMILES string of the molecule is CC1CC2(CN=C(N)N2c2cccc(Cl)c2)CC(C)O1. The minimum absolute atomic E-state index is 0.0775. The summed E-state index contributed by atoms with van der Waals surface area (Å²) in [6, 6.07) is 7.80. The first-order valence-electron chi connectivity index (χ1n) is 7.01. The van der Waals surface area contributed by atoms with Gasteiger partial charge in [-0.1, -0.05) is 17.7 Å². The molecule has 2 aliphatic rings. The van der Waals surface area contributed by atoms with Crippen LogP contribution in [0.15, 0.2) is 29.3 Å². The van der Waals surface area contributed by atoms with Crippen molar-refractivity contribution in [3.8, 4) is 0 Å². The van der Waals surface area contributed by atoms with E-state index < -0.39 is 0 Å². The van der Waals surface area contributed by atoms with Crippen molar-refractivity contribution >= 4 is 23.2 Å². The number of anilines is 1. The molecule has 0 radical (unpaired) electrons. The highest BCUT2D eigenvalue weighted by Crippen LogP contribution is 2.40. The van der Waals surface area contributed by atoms with Crippen LogP contribution >= 0.6 is 11.6 Å². The monoisotopic (exact) mass is 293 g/mol. The molecule has 20 heavy (non-hydrogen) atoms. The Morgan fingerprint density at radius 1 is 1.35 bits per heavy atom. The van der Waals surface area contributed by atoms with Gasteiger partial charge in [-0.25, -0.2) is 0 Å². The molecule has 1 spiro atoms. The van der Waals surface area contributed by atoms with Crippen LogP contribution in [0, 0.1) is 0 Å². The molecular weight excluding hydrogens is 274 g/mol. The van der Waals surface area contributed by atoms with E-state index in [1.54, 1.807) is 0 Å². The minimum Gasteiger partial charge on any atom is -0.375 e. The molecular formula is C15H20ClN3O. The van der Waals surface area contributed by atoms with E-state index in [4.69, 9.17) is 22.1 Å². The van der Waals surface area contributed by atoms with Crippen LogP contribution in [-0.2, 0) is 4.74 Å². The van der Waals surface area contributed by atoms with Crippen molar-refractivity contribution in [2.24, 2.45) is 10.7 Å². The fourth-order valence-corrected chi connectivity index (χ4v) is 3.78. The van der Waals surface area contributed by atoms with Crippen molar-refractivity contribution in [1.82, 2.24) is 0 Å². The smallest absolute Gasteiger partial charge is 0.196 e. The summed E-state index contributed by atoms with van der Waals surface area (Å²) in [4.78, 5) is 6.64. The molecule has 1 aromatic rings. The third kappa shape index (κ3) is 2.27. The molecule has 108 valence electrons. The van der Waals surface area contributed by atoms with Gasteiger partial charge in [-0.05, 0) is 44.9 Å². The van der Waals surface area contributed by atoms with Gasteiger partial charge >= 0.3 is 0 Å². The summed E-state index contributed by atoms with van der Waals surface area (Å²) >= 11 is 6.12. The number of nitrogens with two attached hydrogens (primary N) is 1. The lowest BCUT2D eigenvalue weighted by molar-refractivity contribution is -0.0559. The third-order valence-electron chi connectivity index (χ3n) is 4.10. The van der Waals surface area contributed by atoms with Crippen LogP contribution in [0.3, 0.4) is 0 Å². The van der Waals surface area contributed by atoms with Crippen molar-refractivity contribution < 1.29 is 4.74 Å². The summed E-state index contributed by atoms with van der Waals surface area (Å²) < 4.78 is 5.87. The predicted octanol–water partition coefficient (Wildman–Crippen LogP) is 2.80. The van der Waals surface area contributed by atoms with Crippen molar-refractivity contribution in [2.75, 3.05) is 11.4 Å². The van der Waals surface area contributed by atoms with Gasteiger partial charge in [-0.2, -0.15) is 0 Å². The Bertz CT molecular complexity index is 536. The van der Waals surface area contributed by atoms with E-state index >= 15 is 0 Å². The third-order valence-corrected chi connectivity index (χ3v) is 4.34. The molecule has 2 unspecified atom stereocenters. The van der Waals surface area contributed by atoms with E-state index in [0.717, 1.165) is 25.1 Å². The van der Waals surface area contributed by atoms with Crippen LogP contribution < -0.4 is 10.6 Å². The summed E-state index contributed by atoms with van der Waals surface area (Å²) in [7, 11) is 0. The molecule has 2 N–H and O–H groups in total. The zero-order valence-corrected chi connectivity index (χ0v) is 12.6. The maximum Gasteiger partial charge on any atom is 0.196 e. The van der Waals surface area contributed by atoms with E-state index in [9.17, 15) is 0 Å². The molecule has 2 heterocycles. The summed E-state index contributed by atoms with van der Waals surface area (Å²) in [6.07, 6.45) is 2.27. The van der Waals surface area contributed by atoms with Crippen LogP contribution in [-0.4, -0.2) is 30.3 Å². The minimum atomic E-state index is -0.0775. The number of aliphatic imine (C=N–C) groups is 1. The number of benzene rings is 1. The lowest BCUT2D eigenvalue weighted by Crippen LogP contribution is -2.57. The average molecular weight is 294 g/mol. The van der Waals surface area contributed by atoms with Crippen LogP contribution in [0.1, 0.15) is 26.7 Å². The second-order valence-corrected chi connectivity index (χ2v) is 6.32. The Hall–Kier alpha value is -1.26. The molecule has 1 saturated heterocycles. The van der Waals surface area contributed by atoms with Gasteiger partial charge in [0.25, 0.3) is 0 Å². The van der Waals surface area contributed by atoms with E-state index in [0.29, 0.717) is 11.0 Å². The highest BCUT2D eigenvalue weighted by molar-refractivity contribution is 6.31. The Morgan fingerprint density at radius 3 is 2.70 bits per heavy atom. The van der Waals surface area contributed by atoms with Gasteiger partial charge in [0.1, 0.15) is 0 Å². The molecule has 0 saturated carbocycles. The number of guanidine groups is 1. The highest BCUT2D eigenvalue weighted by atomic mass is 35.5. The number of ether oxygens (including phenoxy) is 1. The molecule has 0 amide bonds. The fourth-order valence-electron chi connectivity index (χ4n) is 3.59. The molecule has 0 aromatic heterocycles. The quantitative estimate of drug-likeness (QED) is 0.866. The lowest BCUT2D eigenvalue weighted by atomic mass is 9.83. The summed E-state index contributed by atoms with van der Waals surface area (Å²) in [5, 5.41) is 0.713. The Kier molecular flexibility index (Phi) is 3.38.